The molecule has 1 aliphatic rings. The van der Waals surface area contributed by atoms with Gasteiger partial charge in [0.05, 0.1) is 0 Å². The van der Waals surface area contributed by atoms with Crippen molar-refractivity contribution in [2.75, 3.05) is 6.61 Å². The van der Waals surface area contributed by atoms with Crippen molar-refractivity contribution in [3.8, 4) is 0 Å². The predicted octanol–water partition coefficient (Wildman–Crippen LogP) is -0.0803. The topological polar surface area (TPSA) is 98.7 Å². The highest BCUT2D eigenvalue weighted by Crippen LogP contribution is 2.32. The molecule has 16 heavy (non-hydrogen) atoms. The first-order chi connectivity index (χ1) is 7.58. The molecule has 0 aromatic heterocycles. The zero-order valence-corrected chi connectivity index (χ0v) is 9.27. The van der Waals surface area contributed by atoms with Crippen molar-refractivity contribution in [3.63, 3.8) is 0 Å². The number of aliphatic carboxylic acids is 1. The van der Waals surface area contributed by atoms with Crippen molar-refractivity contribution in [1.29, 1.82) is 0 Å². The standard InChI is InChI=1S/C10H18N2O4/c1-2-6-5-8(6)12-10(16)11-7(3-4-13)9(14)15/h6-8,13H,2-5H2,1H3,(H,14,15)(H2,11,12,16)/t6?,7-,8?/m1/s1. The minimum absolute atomic E-state index is 0.0185. The number of hydrogen-bond acceptors (Lipinski definition) is 3. The highest BCUT2D eigenvalue weighted by atomic mass is 16.4. The molecule has 1 rings (SSSR count). The third kappa shape index (κ3) is 3.69. The zero-order chi connectivity index (χ0) is 12.1. The molecule has 92 valence electrons. The Morgan fingerprint density at radius 2 is 2.19 bits per heavy atom. The van der Waals surface area contributed by atoms with Crippen LogP contribution in [0.5, 0.6) is 0 Å². The first-order valence-corrected chi connectivity index (χ1v) is 5.49. The molecule has 4 N–H and O–H groups in total. The summed E-state index contributed by atoms with van der Waals surface area (Å²) in [6, 6.07) is -1.32. The maximum atomic E-state index is 11.4. The Labute approximate surface area is 94.0 Å². The summed E-state index contributed by atoms with van der Waals surface area (Å²) >= 11 is 0. The van der Waals surface area contributed by atoms with E-state index >= 15 is 0 Å². The second-order valence-electron chi connectivity index (χ2n) is 4.03. The fraction of sp³-hybridized carbons (Fsp3) is 0.800. The van der Waals surface area contributed by atoms with Gasteiger partial charge in [-0.05, 0) is 12.3 Å². The van der Waals surface area contributed by atoms with Crippen LogP contribution in [-0.2, 0) is 4.79 Å². The van der Waals surface area contributed by atoms with Crippen molar-refractivity contribution >= 4 is 12.0 Å². The third-order valence-electron chi connectivity index (χ3n) is 2.78. The Balaban J connectivity index is 2.29. The van der Waals surface area contributed by atoms with Gasteiger partial charge in [-0.25, -0.2) is 9.59 Å². The average Bonchev–Trinajstić information content (AvgIpc) is 2.95. The van der Waals surface area contributed by atoms with Gasteiger partial charge in [0, 0.05) is 19.1 Å². The number of urea groups is 1. The van der Waals surface area contributed by atoms with Gasteiger partial charge in [-0.2, -0.15) is 0 Å². The van der Waals surface area contributed by atoms with Gasteiger partial charge in [-0.1, -0.05) is 13.3 Å². The molecule has 1 aliphatic carbocycles. The number of aliphatic hydroxyl groups is 1. The molecule has 6 nitrogen and oxygen atoms in total. The minimum Gasteiger partial charge on any atom is -0.480 e. The van der Waals surface area contributed by atoms with Gasteiger partial charge in [-0.3, -0.25) is 0 Å². The third-order valence-corrected chi connectivity index (χ3v) is 2.78. The highest BCUT2D eigenvalue weighted by Gasteiger charge is 2.36. The van der Waals surface area contributed by atoms with E-state index in [0.29, 0.717) is 5.92 Å². The van der Waals surface area contributed by atoms with Gasteiger partial charge >= 0.3 is 12.0 Å². The zero-order valence-electron chi connectivity index (χ0n) is 9.27. The average molecular weight is 230 g/mol. The summed E-state index contributed by atoms with van der Waals surface area (Å²) in [6.07, 6.45) is 2.00. The largest absolute Gasteiger partial charge is 0.480 e. The van der Waals surface area contributed by atoms with Crippen LogP contribution < -0.4 is 10.6 Å². The molecule has 0 bridgehead atoms. The van der Waals surface area contributed by atoms with Crippen LogP contribution >= 0.6 is 0 Å². The Morgan fingerprint density at radius 1 is 1.50 bits per heavy atom. The van der Waals surface area contributed by atoms with Crippen LogP contribution in [0.4, 0.5) is 4.79 Å². The quantitative estimate of drug-likeness (QED) is 0.513. The Morgan fingerprint density at radius 3 is 2.62 bits per heavy atom. The van der Waals surface area contributed by atoms with E-state index < -0.39 is 18.0 Å². The molecule has 0 aliphatic heterocycles. The number of hydrogen-bond donors (Lipinski definition) is 4. The molecule has 0 radical (unpaired) electrons. The summed E-state index contributed by atoms with van der Waals surface area (Å²) < 4.78 is 0. The summed E-state index contributed by atoms with van der Waals surface area (Å²) in [5.74, 6) is -0.612. The normalized spacial score (nSPS) is 24.6. The first kappa shape index (κ1) is 12.8. The van der Waals surface area contributed by atoms with Crippen LogP contribution in [-0.4, -0.2) is 40.9 Å². The van der Waals surface area contributed by atoms with Crippen LogP contribution in [0.15, 0.2) is 0 Å². The summed E-state index contributed by atoms with van der Waals surface area (Å²) in [4.78, 5) is 22.1. The van der Waals surface area contributed by atoms with Gasteiger partial charge in [0.15, 0.2) is 0 Å². The molecule has 2 unspecified atom stereocenters. The number of rotatable bonds is 6. The van der Waals surface area contributed by atoms with Crippen LogP contribution in [0.25, 0.3) is 0 Å². The SMILES string of the molecule is CCC1CC1NC(=O)N[C@H](CCO)C(=O)O. The highest BCUT2D eigenvalue weighted by molar-refractivity contribution is 5.82. The second-order valence-corrected chi connectivity index (χ2v) is 4.03. The molecule has 0 aromatic rings. The fourth-order valence-electron chi connectivity index (χ4n) is 1.63. The number of nitrogens with one attached hydrogen (secondary N) is 2. The van der Waals surface area contributed by atoms with Crippen molar-refractivity contribution in [1.82, 2.24) is 10.6 Å². The maximum absolute atomic E-state index is 11.4. The molecule has 0 aromatic carbocycles. The van der Waals surface area contributed by atoms with Gasteiger partial charge in [0.25, 0.3) is 0 Å². The molecule has 6 heteroatoms. The molecule has 0 spiro atoms. The lowest BCUT2D eigenvalue weighted by atomic mass is 10.2. The Hall–Kier alpha value is -1.30. The lowest BCUT2D eigenvalue weighted by Crippen LogP contribution is -2.47. The summed E-state index contributed by atoms with van der Waals surface area (Å²) in [5.41, 5.74) is 0. The lowest BCUT2D eigenvalue weighted by molar-refractivity contribution is -0.139. The second kappa shape index (κ2) is 5.69. The first-order valence-electron chi connectivity index (χ1n) is 5.49. The number of aliphatic hydroxyl groups excluding tert-OH is 1. The molecule has 0 heterocycles. The minimum atomic E-state index is -1.13. The van der Waals surface area contributed by atoms with Crippen molar-refractivity contribution < 1.29 is 19.8 Å². The fourth-order valence-corrected chi connectivity index (χ4v) is 1.63. The van der Waals surface area contributed by atoms with Crippen molar-refractivity contribution in [2.45, 2.75) is 38.3 Å². The molecule has 2 amide bonds. The summed E-state index contributed by atoms with van der Waals surface area (Å²) in [6.45, 7) is 1.79. The van der Waals surface area contributed by atoms with Crippen molar-refractivity contribution in [2.24, 2.45) is 5.92 Å². The van der Waals surface area contributed by atoms with Crippen LogP contribution in [0.3, 0.4) is 0 Å². The van der Waals surface area contributed by atoms with Gasteiger partial charge in [0.1, 0.15) is 6.04 Å². The molecular formula is C10H18N2O4. The van der Waals surface area contributed by atoms with Gasteiger partial charge < -0.3 is 20.8 Å². The van der Waals surface area contributed by atoms with E-state index in [4.69, 9.17) is 10.2 Å². The summed E-state index contributed by atoms with van der Waals surface area (Å²) in [5, 5.41) is 22.4. The molecule has 0 saturated heterocycles. The van der Waals surface area contributed by atoms with E-state index in [1.165, 1.54) is 0 Å². The number of carboxylic acid groups (broad SMARTS) is 1. The number of carboxylic acids is 1. The van der Waals surface area contributed by atoms with E-state index in [9.17, 15) is 9.59 Å². The number of carbonyl (C=O) groups excluding carboxylic acids is 1. The van der Waals surface area contributed by atoms with E-state index in [0.717, 1.165) is 12.8 Å². The van der Waals surface area contributed by atoms with Gasteiger partial charge in [0.2, 0.25) is 0 Å². The van der Waals surface area contributed by atoms with Crippen LogP contribution in [0.1, 0.15) is 26.2 Å². The molecule has 1 saturated carbocycles. The van der Waals surface area contributed by atoms with Crippen LogP contribution in [0.2, 0.25) is 0 Å². The lowest BCUT2D eigenvalue weighted by Gasteiger charge is -2.13. The number of amides is 2. The smallest absolute Gasteiger partial charge is 0.326 e. The number of carbonyl (C=O) groups is 2. The van der Waals surface area contributed by atoms with Crippen molar-refractivity contribution in [3.05, 3.63) is 0 Å². The Kier molecular flexibility index (Phi) is 4.54. The van der Waals surface area contributed by atoms with E-state index in [-0.39, 0.29) is 19.1 Å². The Bertz CT molecular complexity index is 270. The van der Waals surface area contributed by atoms with E-state index in [1.54, 1.807) is 0 Å². The molecule has 3 atom stereocenters. The maximum Gasteiger partial charge on any atom is 0.326 e. The van der Waals surface area contributed by atoms with E-state index in [2.05, 4.69) is 17.6 Å². The summed E-state index contributed by atoms with van der Waals surface area (Å²) in [7, 11) is 0. The monoisotopic (exact) mass is 230 g/mol. The molecule has 1 fully saturated rings. The van der Waals surface area contributed by atoms with Gasteiger partial charge in [-0.15, -0.1) is 0 Å². The van der Waals surface area contributed by atoms with E-state index in [1.807, 2.05) is 0 Å². The molecular weight excluding hydrogens is 212 g/mol. The van der Waals surface area contributed by atoms with Crippen LogP contribution in [0, 0.1) is 5.92 Å². The predicted molar refractivity (Wildman–Crippen MR) is 57.0 cm³/mol.